The fourth-order valence-electron chi connectivity index (χ4n) is 9.92. The van der Waals surface area contributed by atoms with Gasteiger partial charge in [-0.25, -0.2) is 0 Å². The first kappa shape index (κ1) is 32.3. The highest BCUT2D eigenvalue weighted by molar-refractivity contribution is 7.17. The first-order valence-corrected chi connectivity index (χ1v) is 21.5. The zero-order chi connectivity index (χ0) is 37.9. The van der Waals surface area contributed by atoms with Crippen LogP contribution in [0.15, 0.2) is 191 Å². The lowest BCUT2D eigenvalue weighted by Crippen LogP contribution is -2.61. The summed E-state index contributed by atoms with van der Waals surface area (Å²) in [5, 5.41) is 9.24. The maximum Gasteiger partial charge on any atom is 0.257 e. The number of thiophene rings is 2. The Morgan fingerprint density at radius 1 is 0.379 bits per heavy atom. The van der Waals surface area contributed by atoms with Gasteiger partial charge < -0.3 is 14.2 Å². The molecule has 8 aromatic carbocycles. The Bertz CT molecular complexity index is 3420. The number of para-hydroxylation sites is 2. The molecular weight excluding hydrogens is 744 g/mol. The summed E-state index contributed by atoms with van der Waals surface area (Å²) in [6.45, 7) is -0.0794. The summed E-state index contributed by atoms with van der Waals surface area (Å²) < 4.78 is 9.58. The van der Waals surface area contributed by atoms with E-state index in [2.05, 4.69) is 196 Å². The third kappa shape index (κ3) is 4.44. The van der Waals surface area contributed by atoms with Gasteiger partial charge in [0.1, 0.15) is 11.2 Å². The molecule has 0 atom stereocenters. The largest absolute Gasteiger partial charge is 0.457 e. The van der Waals surface area contributed by atoms with Gasteiger partial charge in [-0.05, 0) is 111 Å². The van der Waals surface area contributed by atoms with Crippen molar-refractivity contribution in [3.05, 3.63) is 187 Å². The monoisotopic (exact) mass is 774 g/mol. The zero-order valence-electron chi connectivity index (χ0n) is 31.1. The predicted molar refractivity (Wildman–Crippen MR) is 249 cm³/mol. The lowest BCUT2D eigenvalue weighted by atomic mass is 9.33. The van der Waals surface area contributed by atoms with Gasteiger partial charge >= 0.3 is 0 Å². The van der Waals surface area contributed by atoms with Gasteiger partial charge in [0.05, 0.1) is 11.4 Å². The lowest BCUT2D eigenvalue weighted by Gasteiger charge is -2.44. The highest BCUT2D eigenvalue weighted by atomic mass is 32.1. The molecule has 2 aliphatic heterocycles. The van der Waals surface area contributed by atoms with Gasteiger partial charge in [-0.2, -0.15) is 0 Å². The summed E-state index contributed by atoms with van der Waals surface area (Å²) in [5.41, 5.74) is 17.4. The molecule has 6 heteroatoms. The molecule has 5 heterocycles. The Morgan fingerprint density at radius 3 is 1.59 bits per heavy atom. The van der Waals surface area contributed by atoms with E-state index in [0.717, 1.165) is 33.3 Å². The van der Waals surface area contributed by atoms with Crippen LogP contribution in [0.2, 0.25) is 0 Å². The molecule has 0 N–H and O–H groups in total. The first-order valence-electron chi connectivity index (χ1n) is 19.7. The van der Waals surface area contributed by atoms with E-state index in [-0.39, 0.29) is 6.71 Å². The average molecular weight is 775 g/mol. The first-order chi connectivity index (χ1) is 28.8. The number of benzene rings is 8. The van der Waals surface area contributed by atoms with Gasteiger partial charge in [0.15, 0.2) is 0 Å². The fraction of sp³-hybridized carbons (Fsp3) is 0. The van der Waals surface area contributed by atoms with Gasteiger partial charge in [0.25, 0.3) is 6.71 Å². The van der Waals surface area contributed by atoms with Crippen LogP contribution < -0.4 is 26.2 Å². The Morgan fingerprint density at radius 2 is 0.914 bits per heavy atom. The maximum absolute atomic E-state index is 7.02. The summed E-state index contributed by atoms with van der Waals surface area (Å²) in [5.74, 6) is 0. The number of anilines is 6. The van der Waals surface area contributed by atoms with Crippen LogP contribution in [0.4, 0.5) is 34.1 Å². The van der Waals surface area contributed by atoms with Crippen molar-refractivity contribution in [2.75, 3.05) is 9.80 Å². The number of fused-ring (bicyclic) bond motifs is 10. The van der Waals surface area contributed by atoms with Crippen molar-refractivity contribution < 1.29 is 4.42 Å². The zero-order valence-corrected chi connectivity index (χ0v) is 32.7. The van der Waals surface area contributed by atoms with E-state index in [0.29, 0.717) is 0 Å². The standard InChI is InChI=1S/C52H31BN2OS2/c1-3-12-32(13-4-1)48-36-28-30-57-46(36)26-24-40(48)54-39-18-9-8-17-38(39)53-50-42(54)19-11-20-43(50)55(44-23-22-35-34-16-7-10-21-45(34)56-52(35)51(44)53)41-25-27-47-37(29-31-58-47)49(41)33-14-5-2-6-15-33/h1-31H. The van der Waals surface area contributed by atoms with E-state index in [1.54, 1.807) is 22.7 Å². The smallest absolute Gasteiger partial charge is 0.257 e. The Balaban J connectivity index is 1.17. The molecule has 0 saturated heterocycles. The van der Waals surface area contributed by atoms with Crippen molar-refractivity contribution in [3.63, 3.8) is 0 Å². The predicted octanol–water partition coefficient (Wildman–Crippen LogP) is 13.4. The molecule has 3 aromatic heterocycles. The van der Waals surface area contributed by atoms with E-state index in [1.807, 2.05) is 0 Å². The van der Waals surface area contributed by atoms with Crippen LogP contribution in [0.3, 0.4) is 0 Å². The van der Waals surface area contributed by atoms with Crippen LogP contribution in [0.25, 0.3) is 64.4 Å². The molecule has 0 aliphatic carbocycles. The highest BCUT2D eigenvalue weighted by Gasteiger charge is 2.45. The minimum atomic E-state index is -0.0794. The SMILES string of the molecule is c1ccc(-c2c(N3c4ccccc4B4c5c3cccc5N(c3ccc5sccc5c3-c3ccccc3)c3ccc5c(oc6ccccc65)c34)ccc3sccc23)cc1. The van der Waals surface area contributed by atoms with Crippen LogP contribution in [-0.4, -0.2) is 6.71 Å². The molecule has 270 valence electrons. The van der Waals surface area contributed by atoms with Crippen molar-refractivity contribution >= 4 is 122 Å². The second-order valence-electron chi connectivity index (χ2n) is 15.2. The van der Waals surface area contributed by atoms with E-state index in [4.69, 9.17) is 4.42 Å². The van der Waals surface area contributed by atoms with Crippen molar-refractivity contribution in [1.82, 2.24) is 0 Å². The van der Waals surface area contributed by atoms with Crippen molar-refractivity contribution in [1.29, 1.82) is 0 Å². The molecule has 0 bridgehead atoms. The van der Waals surface area contributed by atoms with Crippen LogP contribution in [0.1, 0.15) is 0 Å². The summed E-state index contributed by atoms with van der Waals surface area (Å²) in [6.07, 6.45) is 0. The van der Waals surface area contributed by atoms with Gasteiger partial charge in [-0.15, -0.1) is 22.7 Å². The molecule has 0 fully saturated rings. The molecule has 2 aliphatic rings. The van der Waals surface area contributed by atoms with Crippen molar-refractivity contribution in [2.24, 2.45) is 0 Å². The summed E-state index contributed by atoms with van der Waals surface area (Å²) in [7, 11) is 0. The van der Waals surface area contributed by atoms with Crippen LogP contribution in [-0.2, 0) is 0 Å². The normalized spacial score (nSPS) is 13.1. The number of furan rings is 1. The molecule has 0 unspecified atom stereocenters. The van der Waals surface area contributed by atoms with E-state index in [9.17, 15) is 0 Å². The Kier molecular flexibility index (Phi) is 6.85. The maximum atomic E-state index is 7.02. The third-order valence-electron chi connectivity index (χ3n) is 12.2. The van der Waals surface area contributed by atoms with E-state index in [1.165, 1.54) is 81.6 Å². The quantitative estimate of drug-likeness (QED) is 0.166. The van der Waals surface area contributed by atoms with Gasteiger partial charge in [-0.3, -0.25) is 0 Å². The Labute approximate surface area is 343 Å². The molecule has 58 heavy (non-hydrogen) atoms. The molecule has 0 radical (unpaired) electrons. The van der Waals surface area contributed by atoms with Crippen molar-refractivity contribution in [3.8, 4) is 22.3 Å². The number of hydrogen-bond acceptors (Lipinski definition) is 5. The van der Waals surface area contributed by atoms with Gasteiger partial charge in [0.2, 0.25) is 0 Å². The van der Waals surface area contributed by atoms with Crippen LogP contribution in [0, 0.1) is 0 Å². The molecule has 3 nitrogen and oxygen atoms in total. The Hall–Kier alpha value is -6.86. The summed E-state index contributed by atoms with van der Waals surface area (Å²) >= 11 is 3.59. The lowest BCUT2D eigenvalue weighted by molar-refractivity contribution is 0.671. The van der Waals surface area contributed by atoms with Crippen LogP contribution in [0.5, 0.6) is 0 Å². The van der Waals surface area contributed by atoms with Gasteiger partial charge in [0, 0.05) is 64.8 Å². The molecule has 11 aromatic rings. The van der Waals surface area contributed by atoms with Crippen molar-refractivity contribution in [2.45, 2.75) is 0 Å². The third-order valence-corrected chi connectivity index (χ3v) is 14.0. The number of rotatable bonds is 4. The van der Waals surface area contributed by atoms with Gasteiger partial charge in [-0.1, -0.05) is 103 Å². The molecule has 0 spiro atoms. The molecule has 13 rings (SSSR count). The van der Waals surface area contributed by atoms with E-state index >= 15 is 0 Å². The average Bonchev–Trinajstić information content (AvgIpc) is 4.05. The second-order valence-corrected chi connectivity index (χ2v) is 17.1. The number of nitrogens with zero attached hydrogens (tertiary/aromatic N) is 2. The second kappa shape index (κ2) is 12.3. The van der Waals surface area contributed by atoms with Crippen LogP contribution >= 0.6 is 22.7 Å². The topological polar surface area (TPSA) is 19.6 Å². The summed E-state index contributed by atoms with van der Waals surface area (Å²) in [4.78, 5) is 5.06. The molecule has 0 saturated carbocycles. The minimum Gasteiger partial charge on any atom is -0.457 e. The minimum absolute atomic E-state index is 0.0794. The highest BCUT2D eigenvalue weighted by Crippen LogP contribution is 2.51. The fourth-order valence-corrected chi connectivity index (χ4v) is 11.5. The molecular formula is C52H31BN2OS2. The number of hydrogen-bond donors (Lipinski definition) is 0. The summed E-state index contributed by atoms with van der Waals surface area (Å²) in [6, 6.07) is 64.7. The molecule has 0 amide bonds. The van der Waals surface area contributed by atoms with E-state index < -0.39 is 0 Å².